The summed E-state index contributed by atoms with van der Waals surface area (Å²) >= 11 is 0. The van der Waals surface area contributed by atoms with Crippen LogP contribution >= 0.6 is 0 Å². The fourth-order valence-corrected chi connectivity index (χ4v) is 3.43. The number of aromatic nitrogens is 4. The van der Waals surface area contributed by atoms with Crippen molar-refractivity contribution >= 4 is 17.1 Å². The van der Waals surface area contributed by atoms with Crippen molar-refractivity contribution in [2.24, 2.45) is 11.7 Å². The van der Waals surface area contributed by atoms with Crippen LogP contribution in [0.3, 0.4) is 0 Å². The highest BCUT2D eigenvalue weighted by Gasteiger charge is 2.31. The summed E-state index contributed by atoms with van der Waals surface area (Å²) in [5.74, 6) is 0.612. The number of aryl methyl sites for hydroxylation is 1. The van der Waals surface area contributed by atoms with Gasteiger partial charge in [-0.2, -0.15) is 5.10 Å². The summed E-state index contributed by atoms with van der Waals surface area (Å²) in [6.45, 7) is 0.860. The second-order valence-corrected chi connectivity index (χ2v) is 6.77. The molecule has 7 nitrogen and oxygen atoms in total. The lowest BCUT2D eigenvalue weighted by molar-refractivity contribution is 0.0185. The second-order valence-electron chi connectivity index (χ2n) is 6.77. The molecule has 0 saturated heterocycles. The normalized spacial score (nSPS) is 19.2. The van der Waals surface area contributed by atoms with Crippen LogP contribution in [0.5, 0.6) is 0 Å². The molecule has 0 unspecified atom stereocenters. The molecule has 0 aliphatic heterocycles. The molecule has 0 atom stereocenters. The Balaban J connectivity index is 1.30. The lowest BCUT2D eigenvalue weighted by Crippen LogP contribution is -2.35. The minimum Gasteiger partial charge on any atom is -0.446 e. The van der Waals surface area contributed by atoms with Gasteiger partial charge in [0.2, 0.25) is 0 Å². The van der Waals surface area contributed by atoms with Crippen LogP contribution in [-0.2, 0) is 11.3 Å². The smallest absolute Gasteiger partial charge is 0.404 e. The fourth-order valence-electron chi connectivity index (χ4n) is 3.43. The first-order chi connectivity index (χ1) is 12.7. The van der Waals surface area contributed by atoms with E-state index in [1.807, 2.05) is 41.3 Å². The Morgan fingerprint density at radius 3 is 2.85 bits per heavy atom. The van der Waals surface area contributed by atoms with Crippen molar-refractivity contribution in [1.29, 1.82) is 0 Å². The van der Waals surface area contributed by atoms with E-state index in [4.69, 9.17) is 10.5 Å². The highest BCUT2D eigenvalue weighted by molar-refractivity contribution is 5.76. The summed E-state index contributed by atoms with van der Waals surface area (Å²) in [4.78, 5) is 19.8. The molecule has 7 heteroatoms. The van der Waals surface area contributed by atoms with E-state index in [0.717, 1.165) is 54.5 Å². The summed E-state index contributed by atoms with van der Waals surface area (Å²) in [6, 6.07) is 7.84. The third-order valence-electron chi connectivity index (χ3n) is 4.85. The molecule has 2 aromatic heterocycles. The van der Waals surface area contributed by atoms with Gasteiger partial charge >= 0.3 is 6.09 Å². The first-order valence-corrected chi connectivity index (χ1v) is 8.88. The Bertz CT molecular complexity index is 917. The van der Waals surface area contributed by atoms with Crippen LogP contribution in [0.2, 0.25) is 0 Å². The number of amides is 1. The van der Waals surface area contributed by atoms with Crippen molar-refractivity contribution in [1.82, 2.24) is 19.7 Å². The van der Waals surface area contributed by atoms with E-state index in [2.05, 4.69) is 15.1 Å². The molecule has 1 aliphatic rings. The highest BCUT2D eigenvalue weighted by atomic mass is 16.6. The molecule has 0 bridgehead atoms. The molecule has 134 valence electrons. The number of nitrogens with two attached hydrogens (primary N) is 1. The summed E-state index contributed by atoms with van der Waals surface area (Å²) in [7, 11) is 0. The first kappa shape index (κ1) is 16.5. The molecule has 3 aromatic rings. The van der Waals surface area contributed by atoms with E-state index in [9.17, 15) is 4.79 Å². The minimum atomic E-state index is -0.672. The van der Waals surface area contributed by atoms with E-state index in [0.29, 0.717) is 5.92 Å². The Hall–Kier alpha value is -2.96. The van der Waals surface area contributed by atoms with Gasteiger partial charge in [0.15, 0.2) is 0 Å². The number of benzene rings is 1. The average molecular weight is 351 g/mol. The van der Waals surface area contributed by atoms with E-state index >= 15 is 0 Å². The predicted molar refractivity (Wildman–Crippen MR) is 97.2 cm³/mol. The number of nitrogens with zero attached hydrogens (tertiary/aromatic N) is 4. The van der Waals surface area contributed by atoms with Crippen LogP contribution in [0.1, 0.15) is 25.7 Å². The molecule has 1 saturated carbocycles. The largest absolute Gasteiger partial charge is 0.446 e. The van der Waals surface area contributed by atoms with Crippen molar-refractivity contribution < 1.29 is 9.53 Å². The van der Waals surface area contributed by atoms with Crippen molar-refractivity contribution in [3.63, 3.8) is 0 Å². The molecule has 26 heavy (non-hydrogen) atoms. The molecular weight excluding hydrogens is 330 g/mol. The molecule has 2 heterocycles. The van der Waals surface area contributed by atoms with Crippen LogP contribution in [0, 0.1) is 5.92 Å². The molecule has 4 rings (SSSR count). The van der Waals surface area contributed by atoms with Gasteiger partial charge in [0, 0.05) is 18.3 Å². The predicted octanol–water partition coefficient (Wildman–Crippen LogP) is 3.15. The summed E-state index contributed by atoms with van der Waals surface area (Å²) in [5, 5.41) is 4.43. The summed E-state index contributed by atoms with van der Waals surface area (Å²) in [6.07, 6.45) is 8.95. The third kappa shape index (κ3) is 3.66. The van der Waals surface area contributed by atoms with Crippen LogP contribution in [0.4, 0.5) is 4.79 Å². The maximum atomic E-state index is 10.7. The van der Waals surface area contributed by atoms with Crippen molar-refractivity contribution in [3.8, 4) is 11.3 Å². The Labute approximate surface area is 151 Å². The Morgan fingerprint density at radius 2 is 2.04 bits per heavy atom. The SMILES string of the molecule is NC(=O)OC1CC(CCCn2cc(-c3cnc4ccccc4n3)cn2)C1. The van der Waals surface area contributed by atoms with Crippen LogP contribution in [0.15, 0.2) is 42.9 Å². The molecule has 1 fully saturated rings. The van der Waals surface area contributed by atoms with Gasteiger partial charge in [-0.1, -0.05) is 12.1 Å². The molecule has 0 radical (unpaired) electrons. The monoisotopic (exact) mass is 351 g/mol. The Kier molecular flexibility index (Phi) is 4.51. The number of para-hydroxylation sites is 2. The molecule has 1 amide bonds. The maximum Gasteiger partial charge on any atom is 0.404 e. The van der Waals surface area contributed by atoms with Gasteiger partial charge in [0.1, 0.15) is 6.10 Å². The number of carbonyl (C=O) groups is 1. The molecule has 1 aliphatic carbocycles. The summed E-state index contributed by atoms with van der Waals surface area (Å²) < 4.78 is 6.92. The zero-order valence-corrected chi connectivity index (χ0v) is 14.4. The van der Waals surface area contributed by atoms with Gasteiger partial charge in [0.25, 0.3) is 0 Å². The fraction of sp³-hybridized carbons (Fsp3) is 0.368. The van der Waals surface area contributed by atoms with Gasteiger partial charge in [0.05, 0.1) is 29.1 Å². The van der Waals surface area contributed by atoms with Gasteiger partial charge in [-0.15, -0.1) is 0 Å². The number of fused-ring (bicyclic) bond motifs is 1. The lowest BCUT2D eigenvalue weighted by atomic mass is 9.79. The van der Waals surface area contributed by atoms with E-state index in [1.54, 1.807) is 6.20 Å². The quantitative estimate of drug-likeness (QED) is 0.736. The van der Waals surface area contributed by atoms with Crippen LogP contribution in [0.25, 0.3) is 22.3 Å². The standard InChI is InChI=1S/C19H21N5O2/c20-19(25)26-15-8-13(9-15)4-3-7-24-12-14(10-22-24)18-11-21-16-5-1-2-6-17(16)23-18/h1-2,5-6,10-13,15H,3-4,7-9H2,(H2,20,25). The lowest BCUT2D eigenvalue weighted by Gasteiger charge is -2.34. The molecule has 1 aromatic carbocycles. The highest BCUT2D eigenvalue weighted by Crippen LogP contribution is 2.33. The molecular formula is C19H21N5O2. The van der Waals surface area contributed by atoms with Gasteiger partial charge in [-0.3, -0.25) is 9.67 Å². The number of ether oxygens (including phenoxy) is 1. The zero-order valence-electron chi connectivity index (χ0n) is 14.4. The van der Waals surface area contributed by atoms with E-state index in [1.165, 1.54) is 0 Å². The number of hydrogen-bond donors (Lipinski definition) is 1. The number of primary amides is 1. The van der Waals surface area contributed by atoms with Gasteiger partial charge in [-0.05, 0) is 43.7 Å². The van der Waals surface area contributed by atoms with Crippen LogP contribution in [-0.4, -0.2) is 31.9 Å². The topological polar surface area (TPSA) is 95.9 Å². The van der Waals surface area contributed by atoms with E-state index in [-0.39, 0.29) is 6.10 Å². The zero-order chi connectivity index (χ0) is 17.9. The van der Waals surface area contributed by atoms with Crippen molar-refractivity contribution in [2.45, 2.75) is 38.3 Å². The second kappa shape index (κ2) is 7.11. The van der Waals surface area contributed by atoms with E-state index < -0.39 is 6.09 Å². The van der Waals surface area contributed by atoms with Gasteiger partial charge in [-0.25, -0.2) is 9.78 Å². The molecule has 2 N–H and O–H groups in total. The summed E-state index contributed by atoms with van der Waals surface area (Å²) in [5.41, 5.74) is 8.61. The third-order valence-corrected chi connectivity index (χ3v) is 4.85. The van der Waals surface area contributed by atoms with Crippen molar-refractivity contribution in [2.75, 3.05) is 0 Å². The van der Waals surface area contributed by atoms with Gasteiger partial charge < -0.3 is 10.5 Å². The average Bonchev–Trinajstić information content (AvgIpc) is 3.07. The number of carbonyl (C=O) groups excluding carboxylic acids is 1. The first-order valence-electron chi connectivity index (χ1n) is 8.88. The number of hydrogen-bond acceptors (Lipinski definition) is 5. The molecule has 0 spiro atoms. The minimum absolute atomic E-state index is 0.0142. The maximum absolute atomic E-state index is 10.7. The van der Waals surface area contributed by atoms with Crippen LogP contribution < -0.4 is 5.73 Å². The Morgan fingerprint density at radius 1 is 1.23 bits per heavy atom. The van der Waals surface area contributed by atoms with Crippen molar-refractivity contribution in [3.05, 3.63) is 42.9 Å². The number of rotatable bonds is 6.